The standard InChI is InChI=1S/C11H13NO2/c1-11(2)6-5-8-7-9(12-13)3-4-10(8)14-11/h3-7,12-13H,1-2H3. The van der Waals surface area contributed by atoms with Crippen LogP contribution in [-0.4, -0.2) is 10.8 Å². The van der Waals surface area contributed by atoms with Gasteiger partial charge in [0, 0.05) is 5.56 Å². The molecular formula is C11H13NO2. The molecule has 1 aliphatic heterocycles. The van der Waals surface area contributed by atoms with Crippen molar-refractivity contribution in [2.75, 3.05) is 5.48 Å². The van der Waals surface area contributed by atoms with Gasteiger partial charge < -0.3 is 4.74 Å². The van der Waals surface area contributed by atoms with E-state index in [4.69, 9.17) is 9.94 Å². The van der Waals surface area contributed by atoms with Crippen LogP contribution in [0.25, 0.3) is 6.08 Å². The van der Waals surface area contributed by atoms with Gasteiger partial charge in [-0.15, -0.1) is 0 Å². The summed E-state index contributed by atoms with van der Waals surface area (Å²) in [5, 5.41) is 8.73. The number of anilines is 1. The predicted octanol–water partition coefficient (Wildman–Crippen LogP) is 2.67. The minimum absolute atomic E-state index is 0.249. The molecule has 3 nitrogen and oxygen atoms in total. The molecule has 0 atom stereocenters. The Hall–Kier alpha value is -1.48. The van der Waals surface area contributed by atoms with Crippen LogP contribution in [0, 0.1) is 0 Å². The quantitative estimate of drug-likeness (QED) is 0.670. The third kappa shape index (κ3) is 1.59. The van der Waals surface area contributed by atoms with Crippen LogP contribution in [0.1, 0.15) is 19.4 Å². The van der Waals surface area contributed by atoms with E-state index < -0.39 is 0 Å². The number of nitrogens with one attached hydrogen (secondary N) is 1. The van der Waals surface area contributed by atoms with Crippen LogP contribution in [0.15, 0.2) is 24.3 Å². The average Bonchev–Trinajstić information content (AvgIpc) is 2.16. The highest BCUT2D eigenvalue weighted by atomic mass is 16.5. The van der Waals surface area contributed by atoms with Gasteiger partial charge >= 0.3 is 0 Å². The maximum Gasteiger partial charge on any atom is 0.127 e. The Bertz CT molecular complexity index is 383. The lowest BCUT2D eigenvalue weighted by Gasteiger charge is -2.27. The van der Waals surface area contributed by atoms with Gasteiger partial charge in [0.2, 0.25) is 0 Å². The first-order valence-corrected chi connectivity index (χ1v) is 4.53. The van der Waals surface area contributed by atoms with Crippen molar-refractivity contribution < 1.29 is 9.94 Å². The topological polar surface area (TPSA) is 41.5 Å². The SMILES string of the molecule is CC1(C)C=Cc2cc(NO)ccc2O1. The van der Waals surface area contributed by atoms with Gasteiger partial charge in [0.25, 0.3) is 0 Å². The fraction of sp³-hybridized carbons (Fsp3) is 0.273. The smallest absolute Gasteiger partial charge is 0.127 e. The molecule has 0 fully saturated rings. The molecule has 74 valence electrons. The van der Waals surface area contributed by atoms with E-state index in [0.717, 1.165) is 11.3 Å². The Labute approximate surface area is 83.0 Å². The van der Waals surface area contributed by atoms with Crippen LogP contribution in [0.4, 0.5) is 5.69 Å². The second kappa shape index (κ2) is 3.03. The first-order valence-electron chi connectivity index (χ1n) is 4.53. The first kappa shape index (κ1) is 9.09. The van der Waals surface area contributed by atoms with Crippen LogP contribution in [-0.2, 0) is 0 Å². The summed E-state index contributed by atoms with van der Waals surface area (Å²) in [6.07, 6.45) is 4.00. The van der Waals surface area contributed by atoms with E-state index in [2.05, 4.69) is 5.48 Å². The molecule has 1 aliphatic rings. The van der Waals surface area contributed by atoms with E-state index in [1.165, 1.54) is 0 Å². The van der Waals surface area contributed by atoms with E-state index in [9.17, 15) is 0 Å². The van der Waals surface area contributed by atoms with E-state index >= 15 is 0 Å². The highest BCUT2D eigenvalue weighted by molar-refractivity contribution is 5.65. The molecule has 2 N–H and O–H groups in total. The van der Waals surface area contributed by atoms with Gasteiger partial charge in [-0.1, -0.05) is 6.08 Å². The van der Waals surface area contributed by atoms with Crippen molar-refractivity contribution in [2.24, 2.45) is 0 Å². The summed E-state index contributed by atoms with van der Waals surface area (Å²) in [4.78, 5) is 0. The fourth-order valence-corrected chi connectivity index (χ4v) is 1.45. The van der Waals surface area contributed by atoms with Crippen LogP contribution in [0.2, 0.25) is 0 Å². The van der Waals surface area contributed by atoms with Gasteiger partial charge in [-0.05, 0) is 38.1 Å². The van der Waals surface area contributed by atoms with Crippen molar-refractivity contribution in [1.29, 1.82) is 0 Å². The molecule has 0 amide bonds. The molecule has 1 aromatic carbocycles. The summed E-state index contributed by atoms with van der Waals surface area (Å²) in [6, 6.07) is 5.45. The molecule has 0 radical (unpaired) electrons. The largest absolute Gasteiger partial charge is 0.483 e. The molecule has 0 aromatic heterocycles. The van der Waals surface area contributed by atoms with Crippen molar-refractivity contribution in [2.45, 2.75) is 19.4 Å². The third-order valence-electron chi connectivity index (χ3n) is 2.18. The summed E-state index contributed by atoms with van der Waals surface area (Å²) in [7, 11) is 0. The van der Waals surface area contributed by atoms with Crippen LogP contribution in [0.3, 0.4) is 0 Å². The minimum Gasteiger partial charge on any atom is -0.483 e. The van der Waals surface area contributed by atoms with E-state index in [-0.39, 0.29) is 5.60 Å². The zero-order valence-corrected chi connectivity index (χ0v) is 8.24. The molecular weight excluding hydrogens is 178 g/mol. The normalized spacial score (nSPS) is 17.1. The third-order valence-corrected chi connectivity index (χ3v) is 2.18. The molecule has 1 aromatic rings. The Morgan fingerprint density at radius 3 is 2.86 bits per heavy atom. The zero-order valence-electron chi connectivity index (χ0n) is 8.24. The lowest BCUT2D eigenvalue weighted by molar-refractivity contribution is 0.159. The van der Waals surface area contributed by atoms with Crippen LogP contribution in [0.5, 0.6) is 5.75 Å². The summed E-state index contributed by atoms with van der Waals surface area (Å²) in [5.41, 5.74) is 3.50. The highest BCUT2D eigenvalue weighted by Gasteiger charge is 2.21. The van der Waals surface area contributed by atoms with E-state index in [1.807, 2.05) is 38.1 Å². The lowest BCUT2D eigenvalue weighted by atomic mass is 10.0. The Morgan fingerprint density at radius 2 is 2.14 bits per heavy atom. The van der Waals surface area contributed by atoms with Crippen molar-refractivity contribution in [1.82, 2.24) is 0 Å². The Morgan fingerprint density at radius 1 is 1.36 bits per heavy atom. The fourth-order valence-electron chi connectivity index (χ4n) is 1.45. The molecule has 0 saturated carbocycles. The number of rotatable bonds is 1. The maximum atomic E-state index is 8.73. The summed E-state index contributed by atoms with van der Waals surface area (Å²) < 4.78 is 5.72. The number of ether oxygens (including phenoxy) is 1. The molecule has 0 unspecified atom stereocenters. The second-order valence-electron chi connectivity index (χ2n) is 3.90. The molecule has 1 heterocycles. The second-order valence-corrected chi connectivity index (χ2v) is 3.90. The van der Waals surface area contributed by atoms with Gasteiger partial charge in [0.1, 0.15) is 11.4 Å². The van der Waals surface area contributed by atoms with E-state index in [1.54, 1.807) is 6.07 Å². The monoisotopic (exact) mass is 191 g/mol. The van der Waals surface area contributed by atoms with Gasteiger partial charge in [-0.3, -0.25) is 10.7 Å². The maximum absolute atomic E-state index is 8.73. The van der Waals surface area contributed by atoms with Crippen LogP contribution < -0.4 is 10.2 Å². The van der Waals surface area contributed by atoms with Crippen molar-refractivity contribution in [3.63, 3.8) is 0 Å². The van der Waals surface area contributed by atoms with Crippen molar-refractivity contribution in [3.8, 4) is 5.75 Å². The molecule has 0 bridgehead atoms. The Balaban J connectivity index is 2.41. The van der Waals surface area contributed by atoms with Gasteiger partial charge in [-0.25, -0.2) is 0 Å². The minimum atomic E-state index is -0.249. The van der Waals surface area contributed by atoms with Crippen molar-refractivity contribution >= 4 is 11.8 Å². The summed E-state index contributed by atoms with van der Waals surface area (Å²) in [6.45, 7) is 4.01. The highest BCUT2D eigenvalue weighted by Crippen LogP contribution is 2.32. The molecule has 14 heavy (non-hydrogen) atoms. The molecule has 2 rings (SSSR count). The molecule has 3 heteroatoms. The average molecular weight is 191 g/mol. The van der Waals surface area contributed by atoms with Crippen LogP contribution >= 0.6 is 0 Å². The number of fused-ring (bicyclic) bond motifs is 1. The Kier molecular flexibility index (Phi) is 1.97. The zero-order chi connectivity index (χ0) is 10.2. The van der Waals surface area contributed by atoms with Gasteiger partial charge in [0.15, 0.2) is 0 Å². The predicted molar refractivity (Wildman–Crippen MR) is 55.6 cm³/mol. The van der Waals surface area contributed by atoms with Gasteiger partial charge in [-0.2, -0.15) is 0 Å². The summed E-state index contributed by atoms with van der Waals surface area (Å²) >= 11 is 0. The lowest BCUT2D eigenvalue weighted by Crippen LogP contribution is -2.27. The van der Waals surface area contributed by atoms with Gasteiger partial charge in [0.05, 0.1) is 5.69 Å². The summed E-state index contributed by atoms with van der Waals surface area (Å²) in [5.74, 6) is 0.844. The molecule has 0 saturated heterocycles. The number of hydrogen-bond acceptors (Lipinski definition) is 3. The number of hydrogen-bond donors (Lipinski definition) is 2. The first-order chi connectivity index (χ1) is 6.61. The number of benzene rings is 1. The molecule has 0 spiro atoms. The van der Waals surface area contributed by atoms with Crippen molar-refractivity contribution in [3.05, 3.63) is 29.8 Å². The molecule has 0 aliphatic carbocycles. The van der Waals surface area contributed by atoms with E-state index in [0.29, 0.717) is 5.69 Å².